The van der Waals surface area contributed by atoms with Crippen molar-refractivity contribution < 1.29 is 22.5 Å². The topological polar surface area (TPSA) is 71.6 Å². The molecule has 1 spiro atoms. The first-order valence-corrected chi connectivity index (χ1v) is 9.56. The van der Waals surface area contributed by atoms with E-state index in [1.54, 1.807) is 0 Å². The highest BCUT2D eigenvalue weighted by Crippen LogP contribution is 2.51. The summed E-state index contributed by atoms with van der Waals surface area (Å²) in [7, 11) is 0. The lowest BCUT2D eigenvalue weighted by Gasteiger charge is -2.32. The molecule has 0 bridgehead atoms. The Balaban J connectivity index is 1.39. The van der Waals surface area contributed by atoms with E-state index in [1.807, 2.05) is 6.92 Å². The van der Waals surface area contributed by atoms with Gasteiger partial charge in [-0.1, -0.05) is 17.3 Å². The Morgan fingerprint density at radius 2 is 1.97 bits per heavy atom. The molecule has 154 valence electrons. The van der Waals surface area contributed by atoms with E-state index in [9.17, 15) is 18.0 Å². The number of alkyl halides is 3. The quantitative estimate of drug-likeness (QED) is 0.711. The van der Waals surface area contributed by atoms with Crippen molar-refractivity contribution in [2.24, 2.45) is 10.4 Å². The van der Waals surface area contributed by atoms with Crippen LogP contribution >= 0.6 is 0 Å². The van der Waals surface area contributed by atoms with Gasteiger partial charge in [0.2, 0.25) is 5.82 Å². The normalized spacial score (nSPS) is 19.5. The summed E-state index contributed by atoms with van der Waals surface area (Å²) >= 11 is 0. The lowest BCUT2D eigenvalue weighted by Crippen LogP contribution is -2.39. The summed E-state index contributed by atoms with van der Waals surface area (Å²) in [5, 5.41) is 3.33. The van der Waals surface area contributed by atoms with Gasteiger partial charge in [0.05, 0.1) is 0 Å². The van der Waals surface area contributed by atoms with Gasteiger partial charge < -0.3 is 4.52 Å². The zero-order valence-electron chi connectivity index (χ0n) is 16.0. The number of carbonyl (C=O) groups excluding carboxylic acids is 1. The molecule has 0 radical (unpaired) electrons. The highest BCUT2D eigenvalue weighted by Gasteiger charge is 2.45. The molecule has 1 aliphatic carbocycles. The highest BCUT2D eigenvalue weighted by atomic mass is 19.4. The average molecular weight is 406 g/mol. The van der Waals surface area contributed by atoms with Gasteiger partial charge in [-0.3, -0.25) is 9.69 Å². The molecule has 1 aromatic carbocycles. The molecule has 29 heavy (non-hydrogen) atoms. The van der Waals surface area contributed by atoms with Crippen LogP contribution in [0.15, 0.2) is 33.8 Å². The number of aromatic nitrogens is 2. The summed E-state index contributed by atoms with van der Waals surface area (Å²) < 4.78 is 41.9. The van der Waals surface area contributed by atoms with Crippen LogP contribution in [0, 0.1) is 5.41 Å². The van der Waals surface area contributed by atoms with E-state index in [4.69, 9.17) is 0 Å². The van der Waals surface area contributed by atoms with E-state index >= 15 is 0 Å². The molecule has 6 nitrogen and oxygen atoms in total. The molecule has 1 amide bonds. The van der Waals surface area contributed by atoms with Crippen molar-refractivity contribution in [1.82, 2.24) is 15.0 Å². The maximum atomic E-state index is 12.6. The van der Waals surface area contributed by atoms with E-state index < -0.39 is 12.1 Å². The number of hydrogen-bond donors (Lipinski definition) is 0. The van der Waals surface area contributed by atoms with Crippen molar-refractivity contribution in [1.29, 1.82) is 0 Å². The number of amides is 1. The number of likely N-dealkylation sites (tertiary alicyclic amines) is 1. The average Bonchev–Trinajstić information content (AvgIpc) is 3.19. The minimum Gasteiger partial charge on any atom is -0.329 e. The Kier molecular flexibility index (Phi) is 5.02. The van der Waals surface area contributed by atoms with E-state index in [1.165, 1.54) is 49.9 Å². The summed E-state index contributed by atoms with van der Waals surface area (Å²) in [4.78, 5) is 22.3. The summed E-state index contributed by atoms with van der Waals surface area (Å²) in [5.74, 6) is -1.97. The highest BCUT2D eigenvalue weighted by molar-refractivity contribution is 6.03. The van der Waals surface area contributed by atoms with Crippen LogP contribution in [0.5, 0.6) is 0 Å². The van der Waals surface area contributed by atoms with Gasteiger partial charge in [0.25, 0.3) is 5.91 Å². The van der Waals surface area contributed by atoms with Gasteiger partial charge in [-0.15, -0.1) is 0 Å². The molecule has 2 aromatic rings. The first kappa shape index (κ1) is 19.8. The number of halogens is 3. The molecule has 4 rings (SSSR count). The second kappa shape index (κ2) is 7.37. The predicted octanol–water partition coefficient (Wildman–Crippen LogP) is 4.23. The Hall–Kier alpha value is -2.55. The largest absolute Gasteiger partial charge is 0.471 e. The zero-order chi connectivity index (χ0) is 20.6. The van der Waals surface area contributed by atoms with Crippen LogP contribution in [0.3, 0.4) is 0 Å². The van der Waals surface area contributed by atoms with Gasteiger partial charge in [-0.05, 0) is 56.7 Å². The summed E-state index contributed by atoms with van der Waals surface area (Å²) in [6, 6.07) is 5.95. The maximum Gasteiger partial charge on any atom is 0.471 e. The molecule has 1 saturated heterocycles. The van der Waals surface area contributed by atoms with Crippen LogP contribution < -0.4 is 0 Å². The van der Waals surface area contributed by atoms with Crippen LogP contribution in [0.4, 0.5) is 13.2 Å². The fraction of sp³-hybridized carbons (Fsp3) is 0.500. The van der Waals surface area contributed by atoms with Crippen molar-refractivity contribution in [3.63, 3.8) is 0 Å². The third-order valence-corrected chi connectivity index (χ3v) is 5.50. The van der Waals surface area contributed by atoms with Gasteiger partial charge >= 0.3 is 12.1 Å². The van der Waals surface area contributed by atoms with Crippen LogP contribution in [-0.4, -0.2) is 46.3 Å². The first-order chi connectivity index (χ1) is 13.7. The van der Waals surface area contributed by atoms with Crippen LogP contribution in [0.1, 0.15) is 48.9 Å². The SMILES string of the molecule is CC(CN1CCCC2(CC2)C1)=NC(=O)c1ccc(-c2noc(C(F)(F)F)n2)cc1. The second-order valence-electron chi connectivity index (χ2n) is 7.96. The van der Waals surface area contributed by atoms with Crippen LogP contribution in [0.2, 0.25) is 0 Å². The van der Waals surface area contributed by atoms with Crippen molar-refractivity contribution >= 4 is 11.6 Å². The van der Waals surface area contributed by atoms with Gasteiger partial charge in [-0.2, -0.15) is 18.2 Å². The molecular weight excluding hydrogens is 385 g/mol. The molecule has 1 aliphatic heterocycles. The van der Waals surface area contributed by atoms with Crippen molar-refractivity contribution in [2.45, 2.75) is 38.8 Å². The molecule has 0 unspecified atom stereocenters. The van der Waals surface area contributed by atoms with Gasteiger partial charge in [0.1, 0.15) is 0 Å². The van der Waals surface area contributed by atoms with Gasteiger partial charge in [0.15, 0.2) is 0 Å². The van der Waals surface area contributed by atoms with E-state index in [-0.39, 0.29) is 11.7 Å². The van der Waals surface area contributed by atoms with Crippen LogP contribution in [0.25, 0.3) is 11.4 Å². The third kappa shape index (κ3) is 4.55. The Morgan fingerprint density at radius 3 is 2.59 bits per heavy atom. The Bertz CT molecular complexity index is 930. The molecule has 2 fully saturated rings. The smallest absolute Gasteiger partial charge is 0.329 e. The maximum absolute atomic E-state index is 12.6. The standard InChI is InChI=1S/C20H21F3N4O2/c1-13(11-27-10-2-7-19(12-27)8-9-19)24-17(28)15-5-3-14(4-6-15)16-25-18(29-26-16)20(21,22)23/h3-6H,2,7-12H2,1H3. The van der Waals surface area contributed by atoms with Gasteiger partial charge in [-0.25, -0.2) is 4.99 Å². The molecule has 0 atom stereocenters. The van der Waals surface area contributed by atoms with E-state index in [0.29, 0.717) is 23.1 Å². The summed E-state index contributed by atoms with van der Waals surface area (Å²) in [6.45, 7) is 4.63. The second-order valence-corrected chi connectivity index (χ2v) is 7.96. The third-order valence-electron chi connectivity index (χ3n) is 5.50. The summed E-state index contributed by atoms with van der Waals surface area (Å²) in [5.41, 5.74) is 1.94. The van der Waals surface area contributed by atoms with E-state index in [2.05, 4.69) is 24.6 Å². The minimum atomic E-state index is -4.69. The van der Waals surface area contributed by atoms with Crippen molar-refractivity contribution in [3.05, 3.63) is 35.7 Å². The minimum absolute atomic E-state index is 0.185. The Labute approximate surface area is 165 Å². The van der Waals surface area contributed by atoms with Crippen molar-refractivity contribution in [2.75, 3.05) is 19.6 Å². The predicted molar refractivity (Wildman–Crippen MR) is 99.5 cm³/mol. The lowest BCUT2D eigenvalue weighted by molar-refractivity contribution is -0.159. The molecule has 2 heterocycles. The van der Waals surface area contributed by atoms with Crippen molar-refractivity contribution in [3.8, 4) is 11.4 Å². The zero-order valence-corrected chi connectivity index (χ0v) is 16.0. The number of nitrogens with zero attached hydrogens (tertiary/aromatic N) is 4. The summed E-state index contributed by atoms with van der Waals surface area (Å²) in [6.07, 6.45) is 0.400. The molecule has 2 aliphatic rings. The number of carbonyl (C=O) groups is 1. The van der Waals surface area contributed by atoms with Gasteiger partial charge in [0, 0.05) is 29.9 Å². The first-order valence-electron chi connectivity index (χ1n) is 9.56. The molecule has 1 aromatic heterocycles. The molecule has 9 heteroatoms. The van der Waals surface area contributed by atoms with E-state index in [0.717, 1.165) is 18.8 Å². The fourth-order valence-corrected chi connectivity index (χ4v) is 3.84. The van der Waals surface area contributed by atoms with Crippen LogP contribution in [-0.2, 0) is 6.18 Å². The lowest BCUT2D eigenvalue weighted by atomic mass is 9.95. The number of aliphatic imine (C=N–C) groups is 1. The molecule has 0 N–H and O–H groups in total. The fourth-order valence-electron chi connectivity index (χ4n) is 3.84. The number of piperidine rings is 1. The number of rotatable bonds is 4. The monoisotopic (exact) mass is 406 g/mol. The number of hydrogen-bond acceptors (Lipinski definition) is 5. The molecular formula is C20H21F3N4O2. The number of benzene rings is 1. The molecule has 1 saturated carbocycles. The Morgan fingerprint density at radius 1 is 1.24 bits per heavy atom.